The lowest BCUT2D eigenvalue weighted by Gasteiger charge is -2.32. The molecule has 0 aromatic heterocycles. The highest BCUT2D eigenvalue weighted by Gasteiger charge is 2.33. The Bertz CT molecular complexity index is 185. The molecule has 2 heteroatoms. The second-order valence-corrected chi connectivity index (χ2v) is 5.86. The molecule has 0 unspecified atom stereocenters. The van der Waals surface area contributed by atoms with Crippen molar-refractivity contribution in [2.24, 2.45) is 5.73 Å². The van der Waals surface area contributed by atoms with Gasteiger partial charge in [0, 0.05) is 6.04 Å². The van der Waals surface area contributed by atoms with Crippen molar-refractivity contribution in [1.29, 1.82) is 0 Å². The minimum Gasteiger partial charge on any atom is -0.328 e. The van der Waals surface area contributed by atoms with Crippen LogP contribution in [0.2, 0.25) is 0 Å². The van der Waals surface area contributed by atoms with Gasteiger partial charge < -0.3 is 5.73 Å². The zero-order valence-electron chi connectivity index (χ0n) is 11.5. The van der Waals surface area contributed by atoms with Crippen molar-refractivity contribution in [3.63, 3.8) is 0 Å². The third-order valence-electron chi connectivity index (χ3n) is 4.15. The van der Waals surface area contributed by atoms with Crippen LogP contribution in [0.1, 0.15) is 84.0 Å². The van der Waals surface area contributed by atoms with E-state index < -0.39 is 5.67 Å². The summed E-state index contributed by atoms with van der Waals surface area (Å²) in [7, 11) is 0. The van der Waals surface area contributed by atoms with Crippen LogP contribution >= 0.6 is 0 Å². The van der Waals surface area contributed by atoms with Gasteiger partial charge in [0.1, 0.15) is 5.67 Å². The maximum absolute atomic E-state index is 14.3. The lowest BCUT2D eigenvalue weighted by atomic mass is 9.80. The van der Waals surface area contributed by atoms with Crippen molar-refractivity contribution in [3.8, 4) is 0 Å². The zero-order chi connectivity index (χ0) is 12.6. The van der Waals surface area contributed by atoms with Gasteiger partial charge in [-0.3, -0.25) is 0 Å². The summed E-state index contributed by atoms with van der Waals surface area (Å²) in [5.41, 5.74) is 4.94. The number of nitrogens with two attached hydrogens (primary N) is 1. The molecule has 1 aliphatic carbocycles. The molecule has 2 N–H and O–H groups in total. The third-order valence-corrected chi connectivity index (χ3v) is 4.15. The Morgan fingerprint density at radius 3 is 2.12 bits per heavy atom. The molecule has 1 aliphatic rings. The molecule has 0 aromatic carbocycles. The molecule has 0 amide bonds. The Kier molecular flexibility index (Phi) is 7.10. The highest BCUT2D eigenvalue weighted by atomic mass is 19.1. The smallest absolute Gasteiger partial charge is 0.111 e. The third kappa shape index (κ3) is 6.40. The van der Waals surface area contributed by atoms with Crippen LogP contribution in [0.4, 0.5) is 4.39 Å². The van der Waals surface area contributed by atoms with Gasteiger partial charge in [-0.15, -0.1) is 0 Å². The Morgan fingerprint density at radius 1 is 1.00 bits per heavy atom. The minimum atomic E-state index is -0.876. The standard InChI is InChI=1S/C15H30FN/c1-2-3-4-5-6-7-8-11-15(16)12-9-14(17)10-13-15/h14H,2-13,17H2,1H3. The maximum Gasteiger partial charge on any atom is 0.111 e. The van der Waals surface area contributed by atoms with Gasteiger partial charge in [0.25, 0.3) is 0 Å². The minimum absolute atomic E-state index is 0.257. The number of halogens is 1. The van der Waals surface area contributed by atoms with Crippen LogP contribution in [-0.2, 0) is 0 Å². The van der Waals surface area contributed by atoms with E-state index in [9.17, 15) is 4.39 Å². The van der Waals surface area contributed by atoms with Crippen LogP contribution in [0, 0.1) is 0 Å². The van der Waals surface area contributed by atoms with E-state index in [2.05, 4.69) is 6.92 Å². The summed E-state index contributed by atoms with van der Waals surface area (Å²) in [5.74, 6) is 0. The predicted molar refractivity (Wildman–Crippen MR) is 72.9 cm³/mol. The van der Waals surface area contributed by atoms with E-state index in [4.69, 9.17) is 5.73 Å². The number of alkyl halides is 1. The lowest BCUT2D eigenvalue weighted by molar-refractivity contribution is 0.0857. The molecular formula is C15H30FN. The van der Waals surface area contributed by atoms with E-state index in [0.29, 0.717) is 12.8 Å². The van der Waals surface area contributed by atoms with Crippen molar-refractivity contribution in [3.05, 3.63) is 0 Å². The van der Waals surface area contributed by atoms with E-state index in [0.717, 1.165) is 25.7 Å². The predicted octanol–water partition coefficient (Wildman–Crippen LogP) is 4.74. The highest BCUT2D eigenvalue weighted by molar-refractivity contribution is 4.87. The molecule has 0 aliphatic heterocycles. The molecule has 17 heavy (non-hydrogen) atoms. The molecule has 1 rings (SSSR count). The normalized spacial score (nSPS) is 29.5. The van der Waals surface area contributed by atoms with Crippen molar-refractivity contribution >= 4 is 0 Å². The summed E-state index contributed by atoms with van der Waals surface area (Å²) in [5, 5.41) is 0. The van der Waals surface area contributed by atoms with Crippen molar-refractivity contribution < 1.29 is 4.39 Å². The lowest BCUT2D eigenvalue weighted by Crippen LogP contribution is -2.35. The monoisotopic (exact) mass is 243 g/mol. The molecule has 0 bridgehead atoms. The molecule has 1 saturated carbocycles. The van der Waals surface area contributed by atoms with Gasteiger partial charge in [0.15, 0.2) is 0 Å². The van der Waals surface area contributed by atoms with E-state index in [1.165, 1.54) is 38.5 Å². The van der Waals surface area contributed by atoms with Crippen molar-refractivity contribution in [2.75, 3.05) is 0 Å². The molecular weight excluding hydrogens is 213 g/mol. The topological polar surface area (TPSA) is 26.0 Å². The summed E-state index contributed by atoms with van der Waals surface area (Å²) in [6, 6.07) is 0.257. The molecule has 0 spiro atoms. The van der Waals surface area contributed by atoms with Crippen LogP contribution in [0.25, 0.3) is 0 Å². The maximum atomic E-state index is 14.3. The Balaban J connectivity index is 1.98. The molecule has 0 saturated heterocycles. The SMILES string of the molecule is CCCCCCCCCC1(F)CCC(N)CC1. The largest absolute Gasteiger partial charge is 0.328 e. The Morgan fingerprint density at radius 2 is 1.53 bits per heavy atom. The second-order valence-electron chi connectivity index (χ2n) is 5.86. The molecule has 0 atom stereocenters. The van der Waals surface area contributed by atoms with Crippen LogP contribution < -0.4 is 5.73 Å². The van der Waals surface area contributed by atoms with Gasteiger partial charge in [-0.2, -0.15) is 0 Å². The van der Waals surface area contributed by atoms with Crippen LogP contribution in [0.3, 0.4) is 0 Å². The molecule has 102 valence electrons. The molecule has 0 heterocycles. The van der Waals surface area contributed by atoms with Gasteiger partial charge in [0.05, 0.1) is 0 Å². The average Bonchev–Trinajstić information content (AvgIpc) is 2.32. The summed E-state index contributed by atoms with van der Waals surface area (Å²) in [6.07, 6.45) is 12.8. The van der Waals surface area contributed by atoms with E-state index in [-0.39, 0.29) is 6.04 Å². The van der Waals surface area contributed by atoms with Gasteiger partial charge in [-0.05, 0) is 32.1 Å². The average molecular weight is 243 g/mol. The number of hydrogen-bond acceptors (Lipinski definition) is 1. The summed E-state index contributed by atoms with van der Waals surface area (Å²) >= 11 is 0. The van der Waals surface area contributed by atoms with E-state index in [1.807, 2.05) is 0 Å². The Hall–Kier alpha value is -0.110. The van der Waals surface area contributed by atoms with Crippen molar-refractivity contribution in [2.45, 2.75) is 95.7 Å². The first-order valence-corrected chi connectivity index (χ1v) is 7.61. The highest BCUT2D eigenvalue weighted by Crippen LogP contribution is 2.35. The molecule has 0 radical (unpaired) electrons. The van der Waals surface area contributed by atoms with Crippen LogP contribution in [0.15, 0.2) is 0 Å². The first kappa shape index (κ1) is 14.9. The fourth-order valence-electron chi connectivity index (χ4n) is 2.81. The second kappa shape index (κ2) is 8.07. The van der Waals surface area contributed by atoms with Crippen LogP contribution in [0.5, 0.6) is 0 Å². The fourth-order valence-corrected chi connectivity index (χ4v) is 2.81. The number of unbranched alkanes of at least 4 members (excludes halogenated alkanes) is 6. The summed E-state index contributed by atoms with van der Waals surface area (Å²) in [4.78, 5) is 0. The summed E-state index contributed by atoms with van der Waals surface area (Å²) < 4.78 is 14.3. The van der Waals surface area contributed by atoms with Gasteiger partial charge in [-0.1, -0.05) is 51.9 Å². The zero-order valence-corrected chi connectivity index (χ0v) is 11.5. The Labute approximate surface area is 106 Å². The molecule has 0 aromatic rings. The first-order chi connectivity index (χ1) is 8.16. The van der Waals surface area contributed by atoms with Crippen molar-refractivity contribution in [1.82, 2.24) is 0 Å². The van der Waals surface area contributed by atoms with Gasteiger partial charge in [0.2, 0.25) is 0 Å². The number of rotatable bonds is 8. The summed E-state index contributed by atoms with van der Waals surface area (Å²) in [6.45, 7) is 2.24. The first-order valence-electron chi connectivity index (χ1n) is 7.61. The van der Waals surface area contributed by atoms with E-state index in [1.54, 1.807) is 0 Å². The quantitative estimate of drug-likeness (QED) is 0.612. The molecule has 1 fully saturated rings. The fraction of sp³-hybridized carbons (Fsp3) is 1.00. The van der Waals surface area contributed by atoms with Crippen LogP contribution in [-0.4, -0.2) is 11.7 Å². The van der Waals surface area contributed by atoms with Gasteiger partial charge >= 0.3 is 0 Å². The molecule has 1 nitrogen and oxygen atoms in total. The van der Waals surface area contributed by atoms with Gasteiger partial charge in [-0.25, -0.2) is 4.39 Å². The van der Waals surface area contributed by atoms with E-state index >= 15 is 0 Å². The number of hydrogen-bond donors (Lipinski definition) is 1.